The summed E-state index contributed by atoms with van der Waals surface area (Å²) in [7, 11) is -1.82. The fourth-order valence-corrected chi connectivity index (χ4v) is 4.58. The van der Waals surface area contributed by atoms with Crippen LogP contribution in [-0.4, -0.2) is 55.6 Å². The molecule has 0 aliphatic carbocycles. The van der Waals surface area contributed by atoms with Crippen LogP contribution in [0.3, 0.4) is 0 Å². The van der Waals surface area contributed by atoms with Gasteiger partial charge in [0.2, 0.25) is 15.9 Å². The third-order valence-electron chi connectivity index (χ3n) is 5.40. The molecule has 0 bridgehead atoms. The Morgan fingerprint density at radius 3 is 2.15 bits per heavy atom. The van der Waals surface area contributed by atoms with Crippen molar-refractivity contribution in [3.63, 3.8) is 0 Å². The minimum atomic E-state index is -5.20. The van der Waals surface area contributed by atoms with Gasteiger partial charge in [-0.05, 0) is 36.4 Å². The quantitative estimate of drug-likeness (QED) is 0.228. The minimum Gasteiger partial charge on any atom is -0.497 e. The predicted octanol–water partition coefficient (Wildman–Crippen LogP) is 4.20. The molecule has 2 aromatic heterocycles. The lowest BCUT2D eigenvalue weighted by Crippen LogP contribution is -2.29. The van der Waals surface area contributed by atoms with Crippen LogP contribution in [0.5, 0.6) is 17.4 Å². The fraction of sp³-hybridized carbons (Fsp3) is 0.261. The third kappa shape index (κ3) is 6.20. The number of methoxy groups -OCH3 is 2. The first-order chi connectivity index (χ1) is 18.7. The first kappa shape index (κ1) is 28.9. The van der Waals surface area contributed by atoms with E-state index in [0.29, 0.717) is 22.7 Å². The number of benzene rings is 2. The van der Waals surface area contributed by atoms with Crippen LogP contribution in [0, 0.1) is 0 Å². The smallest absolute Gasteiger partial charge is 0.416 e. The molecule has 0 aliphatic heterocycles. The predicted molar refractivity (Wildman–Crippen MR) is 126 cm³/mol. The van der Waals surface area contributed by atoms with Gasteiger partial charge in [0, 0.05) is 18.7 Å². The largest absolute Gasteiger partial charge is 0.497 e. The number of sulfonamides is 1. The summed E-state index contributed by atoms with van der Waals surface area (Å²) in [5.41, 5.74) is -2.65. The van der Waals surface area contributed by atoms with E-state index in [1.807, 2.05) is 4.72 Å². The maximum atomic E-state index is 13.1. The molecule has 40 heavy (non-hydrogen) atoms. The number of halogens is 6. The minimum absolute atomic E-state index is 0.00125. The van der Waals surface area contributed by atoms with Crippen molar-refractivity contribution in [2.75, 3.05) is 27.4 Å². The van der Waals surface area contributed by atoms with Crippen LogP contribution in [0.15, 0.2) is 53.4 Å². The summed E-state index contributed by atoms with van der Waals surface area (Å²) in [6.07, 6.45) is -10.4. The second-order valence-corrected chi connectivity index (χ2v) is 9.79. The van der Waals surface area contributed by atoms with E-state index in [9.17, 15) is 34.8 Å². The first-order valence-electron chi connectivity index (χ1n) is 11.1. The van der Waals surface area contributed by atoms with Gasteiger partial charge in [-0.2, -0.15) is 30.9 Å². The van der Waals surface area contributed by atoms with E-state index >= 15 is 0 Å². The second kappa shape index (κ2) is 10.8. The average Bonchev–Trinajstić information content (AvgIpc) is 3.32. The Morgan fingerprint density at radius 2 is 1.55 bits per heavy atom. The molecular formula is C23H19F6N5O5S. The second-order valence-electron chi connectivity index (χ2n) is 8.02. The highest BCUT2D eigenvalue weighted by atomic mass is 32.2. The van der Waals surface area contributed by atoms with Crippen molar-refractivity contribution in [2.45, 2.75) is 17.2 Å². The van der Waals surface area contributed by atoms with Crippen LogP contribution in [0.4, 0.5) is 26.3 Å². The number of fused-ring (bicyclic) bond motifs is 1. The Labute approximate surface area is 222 Å². The molecule has 0 unspecified atom stereocenters. The Balaban J connectivity index is 1.50. The van der Waals surface area contributed by atoms with Gasteiger partial charge in [-0.25, -0.2) is 13.1 Å². The first-order valence-corrected chi connectivity index (χ1v) is 12.6. The SMILES string of the molecule is COc1ccc(-c2nnc3ccc(OCCNS(=O)(=O)c4cc(C(F)(F)F)cc(C(F)(F)F)c4)nn23)c(OC)c1. The van der Waals surface area contributed by atoms with Gasteiger partial charge in [0.25, 0.3) is 0 Å². The molecule has 2 aromatic carbocycles. The van der Waals surface area contributed by atoms with Crippen LogP contribution in [0.25, 0.3) is 17.0 Å². The van der Waals surface area contributed by atoms with Crippen LogP contribution < -0.4 is 18.9 Å². The lowest BCUT2D eigenvalue weighted by molar-refractivity contribution is -0.143. The van der Waals surface area contributed by atoms with Gasteiger partial charge in [0.15, 0.2) is 11.5 Å². The van der Waals surface area contributed by atoms with Gasteiger partial charge >= 0.3 is 12.4 Å². The van der Waals surface area contributed by atoms with E-state index in [4.69, 9.17) is 14.2 Å². The monoisotopic (exact) mass is 591 g/mol. The number of aromatic nitrogens is 4. The van der Waals surface area contributed by atoms with Crippen LogP contribution in [0.2, 0.25) is 0 Å². The Bertz CT molecular complexity index is 1610. The summed E-state index contributed by atoms with van der Waals surface area (Å²) in [5, 5.41) is 12.4. The van der Waals surface area contributed by atoms with Crippen molar-refractivity contribution in [1.82, 2.24) is 24.5 Å². The van der Waals surface area contributed by atoms with E-state index < -0.39 is 44.9 Å². The number of alkyl halides is 6. The summed E-state index contributed by atoms with van der Waals surface area (Å²) < 4.78 is 123. The number of ether oxygens (including phenoxy) is 3. The zero-order valence-electron chi connectivity index (χ0n) is 20.5. The number of rotatable bonds is 9. The zero-order valence-corrected chi connectivity index (χ0v) is 21.4. The summed E-state index contributed by atoms with van der Waals surface area (Å²) in [5.74, 6) is 1.23. The molecule has 0 radical (unpaired) electrons. The third-order valence-corrected chi connectivity index (χ3v) is 6.84. The van der Waals surface area contributed by atoms with Crippen LogP contribution in [-0.2, 0) is 22.4 Å². The molecule has 10 nitrogen and oxygen atoms in total. The summed E-state index contributed by atoms with van der Waals surface area (Å²) in [6.45, 7) is -0.868. The van der Waals surface area contributed by atoms with Crippen molar-refractivity contribution in [3.05, 3.63) is 59.7 Å². The van der Waals surface area contributed by atoms with E-state index in [-0.39, 0.29) is 36.5 Å². The summed E-state index contributed by atoms with van der Waals surface area (Å²) >= 11 is 0. The maximum Gasteiger partial charge on any atom is 0.416 e. The maximum absolute atomic E-state index is 13.1. The molecule has 1 N–H and O–H groups in total. The molecule has 0 amide bonds. The number of hydrogen-bond acceptors (Lipinski definition) is 8. The molecule has 4 aromatic rings. The van der Waals surface area contributed by atoms with Gasteiger partial charge in [0.1, 0.15) is 18.1 Å². The summed E-state index contributed by atoms with van der Waals surface area (Å²) in [4.78, 5) is -1.20. The molecule has 0 aliphatic rings. The number of nitrogens with zero attached hydrogens (tertiary/aromatic N) is 4. The highest BCUT2D eigenvalue weighted by molar-refractivity contribution is 7.89. The molecule has 0 saturated heterocycles. The number of hydrogen-bond donors (Lipinski definition) is 1. The van der Waals surface area contributed by atoms with Gasteiger partial charge in [-0.3, -0.25) is 0 Å². The van der Waals surface area contributed by atoms with Gasteiger partial charge in [-0.1, -0.05) is 0 Å². The lowest BCUT2D eigenvalue weighted by atomic mass is 10.1. The molecule has 17 heteroatoms. The molecule has 0 atom stereocenters. The highest BCUT2D eigenvalue weighted by Crippen LogP contribution is 2.37. The molecular weight excluding hydrogens is 572 g/mol. The fourth-order valence-electron chi connectivity index (χ4n) is 3.50. The topological polar surface area (TPSA) is 117 Å². The van der Waals surface area contributed by atoms with Crippen molar-refractivity contribution in [1.29, 1.82) is 0 Å². The van der Waals surface area contributed by atoms with Crippen molar-refractivity contribution in [2.24, 2.45) is 0 Å². The van der Waals surface area contributed by atoms with E-state index in [2.05, 4.69) is 15.3 Å². The standard InChI is InChI=1S/C23H19F6N5O5S/c1-37-15-3-4-17(18(12-15)38-2)21-32-31-19-5-6-20(33-34(19)21)39-8-7-30-40(35,36)16-10-13(22(24,25)26)9-14(11-16)23(27,28)29/h3-6,9-12,30H,7-8H2,1-2H3. The van der Waals surface area contributed by atoms with E-state index in [1.165, 1.54) is 30.9 Å². The van der Waals surface area contributed by atoms with E-state index in [0.717, 1.165) is 0 Å². The van der Waals surface area contributed by atoms with Gasteiger partial charge in [-0.15, -0.1) is 15.3 Å². The van der Waals surface area contributed by atoms with Crippen molar-refractivity contribution < 1.29 is 49.0 Å². The molecule has 0 saturated carbocycles. The Morgan fingerprint density at radius 1 is 0.875 bits per heavy atom. The van der Waals surface area contributed by atoms with E-state index in [1.54, 1.807) is 18.2 Å². The molecule has 4 rings (SSSR count). The van der Waals surface area contributed by atoms with Crippen molar-refractivity contribution >= 4 is 15.7 Å². The zero-order chi connectivity index (χ0) is 29.3. The Hall–Kier alpha value is -4.12. The molecule has 0 spiro atoms. The number of nitrogens with one attached hydrogen (secondary N) is 1. The average molecular weight is 591 g/mol. The Kier molecular flexibility index (Phi) is 7.80. The van der Waals surface area contributed by atoms with Crippen LogP contribution in [0.1, 0.15) is 11.1 Å². The highest BCUT2D eigenvalue weighted by Gasteiger charge is 2.38. The molecule has 2 heterocycles. The van der Waals surface area contributed by atoms with Gasteiger partial charge < -0.3 is 14.2 Å². The molecule has 0 fully saturated rings. The van der Waals surface area contributed by atoms with Crippen molar-refractivity contribution in [3.8, 4) is 28.8 Å². The van der Waals surface area contributed by atoms with Gasteiger partial charge in [0.05, 0.1) is 35.8 Å². The lowest BCUT2D eigenvalue weighted by Gasteiger charge is -2.15. The van der Waals surface area contributed by atoms with Crippen LogP contribution >= 0.6 is 0 Å². The normalized spacial score (nSPS) is 12.5. The molecule has 214 valence electrons. The summed E-state index contributed by atoms with van der Waals surface area (Å²) in [6, 6.07) is 7.99.